The first kappa shape index (κ1) is 59.0. The van der Waals surface area contributed by atoms with Crippen LogP contribution in [0.2, 0.25) is 0 Å². The fourth-order valence-electron chi connectivity index (χ4n) is 3.66. The molecule has 0 fully saturated rings. The summed E-state index contributed by atoms with van der Waals surface area (Å²) in [6, 6.07) is 0. The molecule has 0 saturated carbocycles. The van der Waals surface area contributed by atoms with E-state index in [9.17, 15) is 47.9 Å². The smallest absolute Gasteiger partial charge is 0.303 e. The second-order valence-corrected chi connectivity index (χ2v) is 11.7. The zero-order valence-electron chi connectivity index (χ0n) is 31.2. The van der Waals surface area contributed by atoms with Crippen LogP contribution in [0, 0.1) is 0 Å². The van der Waals surface area contributed by atoms with Gasteiger partial charge < -0.3 is 51.1 Å². The highest BCUT2D eigenvalue weighted by Gasteiger charge is 2.02. The van der Waals surface area contributed by atoms with Gasteiger partial charge in [-0.1, -0.05) is 38.5 Å². The van der Waals surface area contributed by atoms with Crippen molar-refractivity contribution in [3.8, 4) is 0 Å². The minimum atomic E-state index is -0.948. The summed E-state index contributed by atoms with van der Waals surface area (Å²) >= 11 is 0. The Kier molecular flexibility index (Phi) is 48.1. The van der Waals surface area contributed by atoms with E-state index in [1.165, 1.54) is 0 Å². The molecule has 0 aromatic heterocycles. The summed E-state index contributed by atoms with van der Waals surface area (Å²) in [6.45, 7) is 0. The number of carboxylic acid groups (broad SMARTS) is 10. The number of hydrogen-bond donors (Lipinski definition) is 10. The van der Waals surface area contributed by atoms with Gasteiger partial charge in [-0.3, -0.25) is 47.9 Å². The maximum absolute atomic E-state index is 10.1. The van der Waals surface area contributed by atoms with Gasteiger partial charge in [0.1, 0.15) is 0 Å². The van der Waals surface area contributed by atoms with Crippen molar-refractivity contribution in [3.63, 3.8) is 0 Å². The number of hydrogen-bond acceptors (Lipinski definition) is 10. The Morgan fingerprint density at radius 3 is 0.382 bits per heavy atom. The first-order chi connectivity index (χ1) is 25.6. The molecule has 320 valence electrons. The van der Waals surface area contributed by atoms with E-state index in [1.54, 1.807) is 0 Å². The van der Waals surface area contributed by atoms with Crippen LogP contribution in [0.4, 0.5) is 0 Å². The SMILES string of the molecule is O=C(O)CCCC(=O)O.O=C(O)CCCCC(=O)O.O=C(O)CCCCC(=O)O.O=C(O)CCCCCCC(=O)O.O=C(O)CCCCCCCCC(=O)O. The Hall–Kier alpha value is -5.30. The maximum atomic E-state index is 10.1. The van der Waals surface area contributed by atoms with Gasteiger partial charge in [0, 0.05) is 64.2 Å². The third-order valence-corrected chi connectivity index (χ3v) is 6.41. The number of unbranched alkanes of at least 4 members (excludes halogenated alkanes) is 10. The van der Waals surface area contributed by atoms with Crippen molar-refractivity contribution < 1.29 is 99.0 Å². The van der Waals surface area contributed by atoms with Crippen molar-refractivity contribution in [2.75, 3.05) is 0 Å². The van der Waals surface area contributed by atoms with Crippen LogP contribution in [0.1, 0.15) is 161 Å². The second-order valence-electron chi connectivity index (χ2n) is 11.7. The molecule has 0 aromatic rings. The van der Waals surface area contributed by atoms with Crippen LogP contribution >= 0.6 is 0 Å². The number of carbonyl (C=O) groups is 10. The third-order valence-electron chi connectivity index (χ3n) is 6.41. The molecule has 10 N–H and O–H groups in total. The zero-order valence-corrected chi connectivity index (χ0v) is 31.2. The lowest BCUT2D eigenvalue weighted by molar-refractivity contribution is -0.140. The van der Waals surface area contributed by atoms with E-state index in [2.05, 4.69) is 0 Å². The number of rotatable bonds is 30. The first-order valence-corrected chi connectivity index (χ1v) is 17.8. The normalized spacial score (nSPS) is 9.45. The Morgan fingerprint density at radius 1 is 0.164 bits per heavy atom. The molecule has 0 radical (unpaired) electrons. The molecule has 0 rings (SSSR count). The molecule has 0 unspecified atom stereocenters. The van der Waals surface area contributed by atoms with Crippen LogP contribution in [-0.4, -0.2) is 111 Å². The summed E-state index contributed by atoms with van der Waals surface area (Å²) in [5, 5.41) is 81.8. The van der Waals surface area contributed by atoms with E-state index < -0.39 is 59.7 Å². The number of carboxylic acids is 10. The highest BCUT2D eigenvalue weighted by Crippen LogP contribution is 2.08. The van der Waals surface area contributed by atoms with E-state index in [1.807, 2.05) is 0 Å². The monoisotopic (exact) mass is 800 g/mol. The van der Waals surface area contributed by atoms with Crippen LogP contribution < -0.4 is 0 Å². The highest BCUT2D eigenvalue weighted by molar-refractivity contribution is 5.70. The standard InChI is InChI=1S/C10H18O4.C8H14O4.2C6H10O4.C5H8O4/c11-9(12)7-5-3-1-2-4-6-8-10(13)14;9-7(10)5-3-1-2-4-6-8(11)12;2*7-5(8)3-1-2-4-6(9)10;6-4(7)2-1-3-5(8)9/h1-8H2,(H,11,12)(H,13,14);1-6H2,(H,9,10)(H,11,12);2*1-4H2,(H,7,8)(H,9,10);1-3H2,(H,6,7)(H,8,9). The fourth-order valence-corrected chi connectivity index (χ4v) is 3.66. The predicted molar refractivity (Wildman–Crippen MR) is 192 cm³/mol. The summed E-state index contributed by atoms with van der Waals surface area (Å²) in [5.74, 6) is -8.42. The molecule has 0 aliphatic carbocycles. The van der Waals surface area contributed by atoms with Crippen molar-refractivity contribution in [2.24, 2.45) is 0 Å². The molecule has 0 spiro atoms. The van der Waals surface area contributed by atoms with Gasteiger partial charge in [0.15, 0.2) is 0 Å². The van der Waals surface area contributed by atoms with Crippen LogP contribution in [0.15, 0.2) is 0 Å². The first-order valence-electron chi connectivity index (χ1n) is 17.8. The molecule has 20 nitrogen and oxygen atoms in total. The lowest BCUT2D eigenvalue weighted by atomic mass is 10.1. The van der Waals surface area contributed by atoms with Gasteiger partial charge in [-0.2, -0.15) is 0 Å². The van der Waals surface area contributed by atoms with Crippen molar-refractivity contribution >= 4 is 59.7 Å². The average molecular weight is 801 g/mol. The summed E-state index contributed by atoms with van der Waals surface area (Å²) in [4.78, 5) is 99.5. The molecule has 0 atom stereocenters. The molecule has 0 heterocycles. The largest absolute Gasteiger partial charge is 0.481 e. The molecule has 20 heteroatoms. The van der Waals surface area contributed by atoms with Gasteiger partial charge in [0.2, 0.25) is 0 Å². The van der Waals surface area contributed by atoms with E-state index in [-0.39, 0.29) is 70.6 Å². The highest BCUT2D eigenvalue weighted by atomic mass is 16.4. The summed E-state index contributed by atoms with van der Waals surface area (Å²) in [6.07, 6.45) is 11.2. The van der Waals surface area contributed by atoms with Gasteiger partial charge in [-0.05, 0) is 57.8 Å². The Labute approximate surface area is 319 Å². The van der Waals surface area contributed by atoms with Crippen LogP contribution in [0.25, 0.3) is 0 Å². The minimum absolute atomic E-state index is 0.0628. The molecule has 0 amide bonds. The fraction of sp³-hybridized carbons (Fsp3) is 0.714. The average Bonchev–Trinajstić information content (AvgIpc) is 3.04. The second kappa shape index (κ2) is 44.9. The van der Waals surface area contributed by atoms with E-state index in [4.69, 9.17) is 51.1 Å². The van der Waals surface area contributed by atoms with Gasteiger partial charge in [-0.25, -0.2) is 0 Å². The van der Waals surface area contributed by atoms with Gasteiger partial charge in [0.05, 0.1) is 0 Å². The minimum Gasteiger partial charge on any atom is -0.481 e. The van der Waals surface area contributed by atoms with Gasteiger partial charge >= 0.3 is 59.7 Å². The quantitative estimate of drug-likeness (QED) is 0.0399. The summed E-state index contributed by atoms with van der Waals surface area (Å²) in [5.41, 5.74) is 0. The van der Waals surface area contributed by atoms with E-state index in [0.717, 1.165) is 51.4 Å². The predicted octanol–water partition coefficient (Wildman–Crippen LogP) is 5.53. The Morgan fingerprint density at radius 2 is 0.255 bits per heavy atom. The van der Waals surface area contributed by atoms with Crippen molar-refractivity contribution in [1.82, 2.24) is 0 Å². The van der Waals surface area contributed by atoms with E-state index >= 15 is 0 Å². The molecule has 0 bridgehead atoms. The Balaban J connectivity index is -0.000000191. The molecular weight excluding hydrogens is 740 g/mol. The van der Waals surface area contributed by atoms with Crippen molar-refractivity contribution in [2.45, 2.75) is 161 Å². The van der Waals surface area contributed by atoms with E-state index in [0.29, 0.717) is 38.5 Å². The summed E-state index contributed by atoms with van der Waals surface area (Å²) < 4.78 is 0. The molecular formula is C35H60O20. The molecule has 0 saturated heterocycles. The molecule has 0 aliphatic rings. The lowest BCUT2D eigenvalue weighted by Crippen LogP contribution is -1.98. The number of aliphatic carboxylic acids is 10. The van der Waals surface area contributed by atoms with Crippen molar-refractivity contribution in [1.29, 1.82) is 0 Å². The molecule has 0 aromatic carbocycles. The summed E-state index contributed by atoms with van der Waals surface area (Å²) in [7, 11) is 0. The third kappa shape index (κ3) is 88.2. The van der Waals surface area contributed by atoms with Gasteiger partial charge in [-0.15, -0.1) is 0 Å². The maximum Gasteiger partial charge on any atom is 0.303 e. The molecule has 55 heavy (non-hydrogen) atoms. The Bertz CT molecular complexity index is 986. The zero-order chi connectivity index (χ0) is 43.5. The van der Waals surface area contributed by atoms with Crippen molar-refractivity contribution in [3.05, 3.63) is 0 Å². The molecule has 0 aliphatic heterocycles. The van der Waals surface area contributed by atoms with Gasteiger partial charge in [0.25, 0.3) is 0 Å². The van der Waals surface area contributed by atoms with Crippen LogP contribution in [0.3, 0.4) is 0 Å². The van der Waals surface area contributed by atoms with Crippen LogP contribution in [-0.2, 0) is 47.9 Å². The van der Waals surface area contributed by atoms with Crippen LogP contribution in [0.5, 0.6) is 0 Å². The lowest BCUT2D eigenvalue weighted by Gasteiger charge is -1.98. The topological polar surface area (TPSA) is 373 Å².